The lowest BCUT2D eigenvalue weighted by molar-refractivity contribution is 0.416. The Kier molecular flexibility index (Phi) is 4.13. The van der Waals surface area contributed by atoms with E-state index in [1.54, 1.807) is 7.11 Å². The smallest absolute Gasteiger partial charge is 0.144 e. The second-order valence-corrected chi connectivity index (χ2v) is 4.54. The first-order valence-electron chi connectivity index (χ1n) is 6.46. The fourth-order valence-corrected chi connectivity index (χ4v) is 2.41. The predicted octanol–water partition coefficient (Wildman–Crippen LogP) is 3.12. The van der Waals surface area contributed by atoms with Gasteiger partial charge in [-0.3, -0.25) is 0 Å². The summed E-state index contributed by atoms with van der Waals surface area (Å²) in [4.78, 5) is 2.47. The highest BCUT2D eigenvalue weighted by Gasteiger charge is 2.11. The molecular formula is C14H22N2O. The van der Waals surface area contributed by atoms with Crippen LogP contribution in [0.15, 0.2) is 18.2 Å². The lowest BCUT2D eigenvalue weighted by atomic mass is 10.2. The van der Waals surface area contributed by atoms with Crippen LogP contribution in [0.5, 0.6) is 5.75 Å². The van der Waals surface area contributed by atoms with Gasteiger partial charge >= 0.3 is 0 Å². The summed E-state index contributed by atoms with van der Waals surface area (Å²) in [6.07, 6.45) is 5.33. The predicted molar refractivity (Wildman–Crippen MR) is 73.2 cm³/mol. The van der Waals surface area contributed by atoms with E-state index in [1.807, 2.05) is 7.05 Å². The minimum atomic E-state index is 0.925. The van der Waals surface area contributed by atoms with Crippen molar-refractivity contribution in [3.05, 3.63) is 18.2 Å². The topological polar surface area (TPSA) is 24.5 Å². The van der Waals surface area contributed by atoms with E-state index >= 15 is 0 Å². The molecule has 0 saturated carbocycles. The summed E-state index contributed by atoms with van der Waals surface area (Å²) in [6, 6.07) is 6.41. The number of nitrogens with zero attached hydrogens (tertiary/aromatic N) is 1. The van der Waals surface area contributed by atoms with Crippen LogP contribution in [0.2, 0.25) is 0 Å². The van der Waals surface area contributed by atoms with Crippen molar-refractivity contribution in [2.45, 2.75) is 25.7 Å². The molecular weight excluding hydrogens is 212 g/mol. The molecule has 2 rings (SSSR count). The van der Waals surface area contributed by atoms with Gasteiger partial charge in [0, 0.05) is 31.9 Å². The van der Waals surface area contributed by atoms with Crippen molar-refractivity contribution in [3.63, 3.8) is 0 Å². The molecule has 1 aromatic carbocycles. The van der Waals surface area contributed by atoms with Crippen LogP contribution in [0.3, 0.4) is 0 Å². The number of benzene rings is 1. The van der Waals surface area contributed by atoms with Crippen molar-refractivity contribution in [1.82, 2.24) is 0 Å². The molecule has 0 radical (unpaired) electrons. The van der Waals surface area contributed by atoms with E-state index in [0.29, 0.717) is 0 Å². The standard InChI is InChI=1S/C14H22N2O/c1-15-13-8-7-12(11-14(13)17-2)16-9-5-3-4-6-10-16/h7-8,11,15H,3-6,9-10H2,1-2H3. The van der Waals surface area contributed by atoms with E-state index in [2.05, 4.69) is 28.4 Å². The number of rotatable bonds is 3. The number of nitrogens with one attached hydrogen (secondary N) is 1. The lowest BCUT2D eigenvalue weighted by Gasteiger charge is -2.23. The van der Waals surface area contributed by atoms with E-state index in [-0.39, 0.29) is 0 Å². The van der Waals surface area contributed by atoms with Gasteiger partial charge in [0.2, 0.25) is 0 Å². The van der Waals surface area contributed by atoms with Gasteiger partial charge in [-0.25, -0.2) is 0 Å². The van der Waals surface area contributed by atoms with Gasteiger partial charge in [0.25, 0.3) is 0 Å². The minimum absolute atomic E-state index is 0.925. The second-order valence-electron chi connectivity index (χ2n) is 4.54. The number of methoxy groups -OCH3 is 1. The van der Waals surface area contributed by atoms with Crippen molar-refractivity contribution < 1.29 is 4.74 Å². The van der Waals surface area contributed by atoms with Gasteiger partial charge in [0.1, 0.15) is 5.75 Å². The van der Waals surface area contributed by atoms with Crippen molar-refractivity contribution in [1.29, 1.82) is 0 Å². The lowest BCUT2D eigenvalue weighted by Crippen LogP contribution is -2.23. The van der Waals surface area contributed by atoms with Gasteiger partial charge in [-0.05, 0) is 25.0 Å². The fourth-order valence-electron chi connectivity index (χ4n) is 2.41. The Hall–Kier alpha value is -1.38. The van der Waals surface area contributed by atoms with Crippen molar-refractivity contribution >= 4 is 11.4 Å². The van der Waals surface area contributed by atoms with Gasteiger partial charge in [0.05, 0.1) is 12.8 Å². The zero-order valence-corrected chi connectivity index (χ0v) is 10.8. The molecule has 1 saturated heterocycles. The molecule has 1 aliphatic heterocycles. The van der Waals surface area contributed by atoms with E-state index in [4.69, 9.17) is 4.74 Å². The first-order chi connectivity index (χ1) is 8.35. The Morgan fingerprint density at radius 1 is 1.12 bits per heavy atom. The number of hydrogen-bond donors (Lipinski definition) is 1. The zero-order chi connectivity index (χ0) is 12.1. The van der Waals surface area contributed by atoms with Crippen LogP contribution < -0.4 is 15.0 Å². The summed E-state index contributed by atoms with van der Waals surface area (Å²) in [5.41, 5.74) is 2.33. The molecule has 0 spiro atoms. The fraction of sp³-hybridized carbons (Fsp3) is 0.571. The van der Waals surface area contributed by atoms with Gasteiger partial charge in [-0.1, -0.05) is 12.8 Å². The SMILES string of the molecule is CNc1ccc(N2CCCCCC2)cc1OC. The molecule has 1 N–H and O–H groups in total. The molecule has 1 aromatic rings. The third kappa shape index (κ3) is 2.84. The normalized spacial score (nSPS) is 16.5. The maximum atomic E-state index is 5.41. The van der Waals surface area contributed by atoms with Crippen LogP contribution in [0.25, 0.3) is 0 Å². The van der Waals surface area contributed by atoms with E-state index < -0.39 is 0 Å². The Bertz CT molecular complexity index is 357. The van der Waals surface area contributed by atoms with Crippen LogP contribution >= 0.6 is 0 Å². The van der Waals surface area contributed by atoms with E-state index in [0.717, 1.165) is 11.4 Å². The molecule has 0 aromatic heterocycles. The van der Waals surface area contributed by atoms with Crippen molar-refractivity contribution in [2.75, 3.05) is 37.5 Å². The number of ether oxygens (including phenoxy) is 1. The van der Waals surface area contributed by atoms with E-state index in [9.17, 15) is 0 Å². The largest absolute Gasteiger partial charge is 0.495 e. The van der Waals surface area contributed by atoms with Crippen molar-refractivity contribution in [2.24, 2.45) is 0 Å². The van der Waals surface area contributed by atoms with Crippen LogP contribution in [0, 0.1) is 0 Å². The van der Waals surface area contributed by atoms with Gasteiger partial charge in [-0.15, -0.1) is 0 Å². The maximum absolute atomic E-state index is 5.41. The second kappa shape index (κ2) is 5.80. The molecule has 0 unspecified atom stereocenters. The Balaban J connectivity index is 2.19. The molecule has 1 heterocycles. The summed E-state index contributed by atoms with van der Waals surface area (Å²) >= 11 is 0. The third-order valence-electron chi connectivity index (χ3n) is 3.43. The highest BCUT2D eigenvalue weighted by atomic mass is 16.5. The van der Waals surface area contributed by atoms with Crippen LogP contribution in [-0.4, -0.2) is 27.2 Å². The molecule has 1 aliphatic rings. The van der Waals surface area contributed by atoms with Gasteiger partial charge < -0.3 is 15.0 Å². The summed E-state index contributed by atoms with van der Waals surface area (Å²) in [7, 11) is 3.64. The number of anilines is 2. The van der Waals surface area contributed by atoms with Crippen LogP contribution in [-0.2, 0) is 0 Å². The van der Waals surface area contributed by atoms with Crippen LogP contribution in [0.4, 0.5) is 11.4 Å². The van der Waals surface area contributed by atoms with Gasteiger partial charge in [0.15, 0.2) is 0 Å². The van der Waals surface area contributed by atoms with Crippen LogP contribution in [0.1, 0.15) is 25.7 Å². The molecule has 94 valence electrons. The molecule has 3 nitrogen and oxygen atoms in total. The summed E-state index contributed by atoms with van der Waals surface area (Å²) in [6.45, 7) is 2.34. The first kappa shape index (κ1) is 12.1. The highest BCUT2D eigenvalue weighted by molar-refractivity contribution is 5.64. The highest BCUT2D eigenvalue weighted by Crippen LogP contribution is 2.30. The molecule has 17 heavy (non-hydrogen) atoms. The molecule has 0 bridgehead atoms. The van der Waals surface area contributed by atoms with Crippen molar-refractivity contribution in [3.8, 4) is 5.75 Å². The average Bonchev–Trinajstić information content (AvgIpc) is 2.66. The number of hydrogen-bond acceptors (Lipinski definition) is 3. The Morgan fingerprint density at radius 3 is 2.41 bits per heavy atom. The first-order valence-corrected chi connectivity index (χ1v) is 6.46. The molecule has 0 amide bonds. The molecule has 3 heteroatoms. The van der Waals surface area contributed by atoms with Gasteiger partial charge in [-0.2, -0.15) is 0 Å². The van der Waals surface area contributed by atoms with E-state index in [1.165, 1.54) is 44.5 Å². The average molecular weight is 234 g/mol. The molecule has 0 aliphatic carbocycles. The Labute approximate surface area is 104 Å². The summed E-state index contributed by atoms with van der Waals surface area (Å²) in [5.74, 6) is 0.925. The monoisotopic (exact) mass is 234 g/mol. The molecule has 1 fully saturated rings. The summed E-state index contributed by atoms with van der Waals surface area (Å²) < 4.78 is 5.41. The minimum Gasteiger partial charge on any atom is -0.495 e. The summed E-state index contributed by atoms with van der Waals surface area (Å²) in [5, 5.41) is 3.15. The molecule has 0 atom stereocenters. The maximum Gasteiger partial charge on any atom is 0.144 e. The third-order valence-corrected chi connectivity index (χ3v) is 3.43. The Morgan fingerprint density at radius 2 is 1.82 bits per heavy atom. The quantitative estimate of drug-likeness (QED) is 0.869. The zero-order valence-electron chi connectivity index (χ0n) is 10.8.